The van der Waals surface area contributed by atoms with Gasteiger partial charge in [0.2, 0.25) is 6.79 Å². The molecule has 0 spiro atoms. The van der Waals surface area contributed by atoms with Crippen molar-refractivity contribution in [2.24, 2.45) is 0 Å². The number of aromatic nitrogens is 1. The Labute approximate surface area is 149 Å². The van der Waals surface area contributed by atoms with Gasteiger partial charge in [-0.2, -0.15) is 11.3 Å². The second-order valence-corrected chi connectivity index (χ2v) is 7.48. The van der Waals surface area contributed by atoms with Crippen molar-refractivity contribution in [3.63, 3.8) is 0 Å². The molecule has 0 amide bonds. The van der Waals surface area contributed by atoms with Crippen LogP contribution in [-0.2, 0) is 13.0 Å². The van der Waals surface area contributed by atoms with E-state index in [9.17, 15) is 0 Å². The van der Waals surface area contributed by atoms with E-state index in [1.165, 1.54) is 16.7 Å². The molecular formula is C18H18N2O2S2. The topological polar surface area (TPSA) is 43.4 Å². The maximum atomic E-state index is 5.50. The molecule has 4 rings (SSSR count). The van der Waals surface area contributed by atoms with Gasteiger partial charge in [0.25, 0.3) is 0 Å². The molecule has 124 valence electrons. The largest absolute Gasteiger partial charge is 0.454 e. The third kappa shape index (κ3) is 3.31. The van der Waals surface area contributed by atoms with Gasteiger partial charge in [-0.1, -0.05) is 0 Å². The Hall–Kier alpha value is -1.89. The maximum absolute atomic E-state index is 5.50. The number of thiophene rings is 1. The van der Waals surface area contributed by atoms with Crippen LogP contribution in [0.25, 0.3) is 0 Å². The summed E-state index contributed by atoms with van der Waals surface area (Å²) in [6.07, 6.45) is 2.81. The fourth-order valence-corrected chi connectivity index (χ4v) is 4.20. The number of rotatable bonds is 6. The van der Waals surface area contributed by atoms with Gasteiger partial charge in [-0.3, -0.25) is 0 Å². The summed E-state index contributed by atoms with van der Waals surface area (Å²) < 4.78 is 10.9. The molecule has 0 bridgehead atoms. The van der Waals surface area contributed by atoms with Crippen LogP contribution in [0.15, 0.2) is 40.5 Å². The first kappa shape index (κ1) is 15.6. The second kappa shape index (κ2) is 6.93. The van der Waals surface area contributed by atoms with Gasteiger partial charge in [0.15, 0.2) is 11.5 Å². The van der Waals surface area contributed by atoms with Gasteiger partial charge < -0.3 is 14.8 Å². The van der Waals surface area contributed by atoms with Crippen molar-refractivity contribution in [1.82, 2.24) is 10.3 Å². The first-order chi connectivity index (χ1) is 11.8. The van der Waals surface area contributed by atoms with Gasteiger partial charge in [0, 0.05) is 18.1 Å². The zero-order chi connectivity index (χ0) is 16.4. The van der Waals surface area contributed by atoms with Crippen LogP contribution in [0.5, 0.6) is 11.5 Å². The highest BCUT2D eigenvalue weighted by Gasteiger charge is 2.18. The summed E-state index contributed by atoms with van der Waals surface area (Å²) in [5.41, 5.74) is 3.78. The first-order valence-corrected chi connectivity index (χ1v) is 9.65. The van der Waals surface area contributed by atoms with E-state index in [1.54, 1.807) is 22.7 Å². The van der Waals surface area contributed by atoms with E-state index in [2.05, 4.69) is 46.2 Å². The molecule has 1 aliphatic heterocycles. The Balaban J connectivity index is 1.51. The van der Waals surface area contributed by atoms with Gasteiger partial charge in [-0.15, -0.1) is 11.3 Å². The van der Waals surface area contributed by atoms with Gasteiger partial charge in [-0.05, 0) is 59.0 Å². The molecule has 2 aromatic heterocycles. The number of nitrogens with zero attached hydrogens (tertiary/aromatic N) is 1. The highest BCUT2D eigenvalue weighted by molar-refractivity contribution is 7.09. The van der Waals surface area contributed by atoms with Crippen LogP contribution in [0.1, 0.15) is 27.7 Å². The van der Waals surface area contributed by atoms with E-state index in [0.29, 0.717) is 6.79 Å². The van der Waals surface area contributed by atoms with E-state index in [4.69, 9.17) is 9.47 Å². The molecule has 24 heavy (non-hydrogen) atoms. The van der Waals surface area contributed by atoms with Crippen LogP contribution in [-0.4, -0.2) is 11.8 Å². The molecule has 1 atom stereocenters. The van der Waals surface area contributed by atoms with Crippen molar-refractivity contribution in [3.05, 3.63) is 62.2 Å². The Morgan fingerprint density at radius 2 is 2.12 bits per heavy atom. The lowest BCUT2D eigenvalue weighted by atomic mass is 10.1. The molecular weight excluding hydrogens is 340 g/mol. The van der Waals surface area contributed by atoms with Gasteiger partial charge in [-0.25, -0.2) is 4.98 Å². The van der Waals surface area contributed by atoms with Crippen LogP contribution >= 0.6 is 22.7 Å². The molecule has 1 aliphatic rings. The van der Waals surface area contributed by atoms with Crippen molar-refractivity contribution in [3.8, 4) is 11.5 Å². The Bertz CT molecular complexity index is 801. The lowest BCUT2D eigenvalue weighted by Gasteiger charge is -2.17. The van der Waals surface area contributed by atoms with Crippen molar-refractivity contribution in [2.75, 3.05) is 6.79 Å². The summed E-state index contributed by atoms with van der Waals surface area (Å²) in [5.74, 6) is 1.67. The quantitative estimate of drug-likeness (QED) is 0.713. The smallest absolute Gasteiger partial charge is 0.231 e. The normalized spacial score (nSPS) is 14.0. The highest BCUT2D eigenvalue weighted by atomic mass is 32.1. The molecule has 0 fully saturated rings. The lowest BCUT2D eigenvalue weighted by Crippen LogP contribution is -2.23. The monoisotopic (exact) mass is 358 g/mol. The third-order valence-corrected chi connectivity index (χ3v) is 5.76. The standard InChI is InChI=1S/C18H18N2O2S2/c1-12-6-16-17(22-11-21-16)8-14(12)9-20-15(18-19-3-5-24-18)7-13-2-4-23-10-13/h2-6,8,10,15,20H,7,9,11H2,1H3. The van der Waals surface area contributed by atoms with Crippen molar-refractivity contribution < 1.29 is 9.47 Å². The van der Waals surface area contributed by atoms with E-state index >= 15 is 0 Å². The number of aryl methyl sites for hydroxylation is 1. The number of hydrogen-bond acceptors (Lipinski definition) is 6. The Kier molecular flexibility index (Phi) is 4.51. The van der Waals surface area contributed by atoms with E-state index in [0.717, 1.165) is 29.5 Å². The van der Waals surface area contributed by atoms with Crippen molar-refractivity contribution in [1.29, 1.82) is 0 Å². The number of fused-ring (bicyclic) bond motifs is 1. The fourth-order valence-electron chi connectivity index (χ4n) is 2.81. The SMILES string of the molecule is Cc1cc2c(cc1CNC(Cc1ccsc1)c1nccs1)OCO2. The average molecular weight is 358 g/mol. The maximum Gasteiger partial charge on any atom is 0.231 e. The van der Waals surface area contributed by atoms with E-state index in [-0.39, 0.29) is 6.04 Å². The highest BCUT2D eigenvalue weighted by Crippen LogP contribution is 2.34. The zero-order valence-corrected chi connectivity index (χ0v) is 15.0. The molecule has 0 radical (unpaired) electrons. The summed E-state index contributed by atoms with van der Waals surface area (Å²) in [7, 11) is 0. The second-order valence-electron chi connectivity index (χ2n) is 5.77. The summed E-state index contributed by atoms with van der Waals surface area (Å²) in [6.45, 7) is 3.19. The number of ether oxygens (including phenoxy) is 2. The van der Waals surface area contributed by atoms with Gasteiger partial charge in [0.1, 0.15) is 5.01 Å². The summed E-state index contributed by atoms with van der Waals surface area (Å²) >= 11 is 3.43. The van der Waals surface area contributed by atoms with Crippen LogP contribution in [0, 0.1) is 6.92 Å². The molecule has 1 aromatic carbocycles. The number of thiazole rings is 1. The number of hydrogen-bond donors (Lipinski definition) is 1. The Morgan fingerprint density at radius 3 is 2.88 bits per heavy atom. The first-order valence-electron chi connectivity index (χ1n) is 7.82. The molecule has 1 unspecified atom stereocenters. The minimum atomic E-state index is 0.212. The summed E-state index contributed by atoms with van der Waals surface area (Å²) in [6, 6.07) is 6.52. The summed E-state index contributed by atoms with van der Waals surface area (Å²) in [5, 5.41) is 11.1. The fraction of sp³-hybridized carbons (Fsp3) is 0.278. The van der Waals surface area contributed by atoms with Gasteiger partial charge >= 0.3 is 0 Å². The Morgan fingerprint density at radius 1 is 1.25 bits per heavy atom. The van der Waals surface area contributed by atoms with Crippen LogP contribution in [0.2, 0.25) is 0 Å². The molecule has 4 nitrogen and oxygen atoms in total. The predicted octanol–water partition coefficient (Wildman–Crippen LogP) is 4.32. The molecule has 3 aromatic rings. The molecule has 1 N–H and O–H groups in total. The third-order valence-electron chi connectivity index (χ3n) is 4.14. The van der Waals surface area contributed by atoms with E-state index < -0.39 is 0 Å². The molecule has 3 heterocycles. The summed E-state index contributed by atoms with van der Waals surface area (Å²) in [4.78, 5) is 4.50. The van der Waals surface area contributed by atoms with Crippen LogP contribution in [0.3, 0.4) is 0 Å². The van der Waals surface area contributed by atoms with Crippen molar-refractivity contribution >= 4 is 22.7 Å². The minimum Gasteiger partial charge on any atom is -0.454 e. The lowest BCUT2D eigenvalue weighted by molar-refractivity contribution is 0.174. The minimum absolute atomic E-state index is 0.212. The number of benzene rings is 1. The zero-order valence-electron chi connectivity index (χ0n) is 13.3. The van der Waals surface area contributed by atoms with Crippen LogP contribution in [0.4, 0.5) is 0 Å². The average Bonchev–Trinajstić information content (AvgIpc) is 3.32. The van der Waals surface area contributed by atoms with Crippen molar-refractivity contribution in [2.45, 2.75) is 25.9 Å². The predicted molar refractivity (Wildman–Crippen MR) is 97.0 cm³/mol. The molecule has 0 saturated carbocycles. The number of nitrogens with one attached hydrogen (secondary N) is 1. The molecule has 6 heteroatoms. The molecule has 0 aliphatic carbocycles. The van der Waals surface area contributed by atoms with Gasteiger partial charge in [0.05, 0.1) is 6.04 Å². The van der Waals surface area contributed by atoms with Crippen LogP contribution < -0.4 is 14.8 Å². The van der Waals surface area contributed by atoms with E-state index in [1.807, 2.05) is 11.6 Å². The molecule has 0 saturated heterocycles.